The first-order valence-electron chi connectivity index (χ1n) is 7.57. The smallest absolute Gasteiger partial charge is 0.337 e. The van der Waals surface area contributed by atoms with Gasteiger partial charge in [0, 0.05) is 0 Å². The third-order valence-corrected chi connectivity index (χ3v) is 4.98. The Hall–Kier alpha value is -2.78. The fourth-order valence-electron chi connectivity index (χ4n) is 2.31. The highest BCUT2D eigenvalue weighted by atomic mass is 35.5. The van der Waals surface area contributed by atoms with E-state index in [1.807, 2.05) is 0 Å². The van der Waals surface area contributed by atoms with Gasteiger partial charge in [0.25, 0.3) is 0 Å². The van der Waals surface area contributed by atoms with Gasteiger partial charge in [-0.1, -0.05) is 23.7 Å². The number of methoxy groups -OCH3 is 1. The largest absolute Gasteiger partial charge is 0.495 e. The minimum Gasteiger partial charge on any atom is -0.495 e. The van der Waals surface area contributed by atoms with E-state index in [1.54, 1.807) is 6.07 Å². The number of carboxylic acids is 1. The zero-order chi connectivity index (χ0) is 20.2. The quantitative estimate of drug-likeness (QED) is 0.722. The summed E-state index contributed by atoms with van der Waals surface area (Å²) in [6.45, 7) is -0.560. The molecule has 2 rings (SSSR count). The van der Waals surface area contributed by atoms with Gasteiger partial charge in [0.2, 0.25) is 15.9 Å². The zero-order valence-electron chi connectivity index (χ0n) is 14.5. The predicted octanol–water partition coefficient (Wildman–Crippen LogP) is 2.45. The molecule has 0 saturated carbocycles. The molecule has 144 valence electrons. The zero-order valence-corrected chi connectivity index (χ0v) is 16.0. The number of para-hydroxylation sites is 1. The van der Waals surface area contributed by atoms with Gasteiger partial charge in [-0.05, 0) is 30.3 Å². The number of carbonyl (C=O) groups excluding carboxylic acids is 1. The van der Waals surface area contributed by atoms with Crippen molar-refractivity contribution in [3.05, 3.63) is 53.1 Å². The van der Waals surface area contributed by atoms with Crippen molar-refractivity contribution in [1.82, 2.24) is 0 Å². The maximum Gasteiger partial charge on any atom is 0.337 e. The summed E-state index contributed by atoms with van der Waals surface area (Å²) < 4.78 is 30.2. The van der Waals surface area contributed by atoms with Gasteiger partial charge in [0.1, 0.15) is 12.3 Å². The molecule has 1 amide bonds. The summed E-state index contributed by atoms with van der Waals surface area (Å²) in [4.78, 5) is 23.6. The minimum absolute atomic E-state index is 0.0659. The fraction of sp³-hybridized carbons (Fsp3) is 0.176. The van der Waals surface area contributed by atoms with Crippen LogP contribution in [0.3, 0.4) is 0 Å². The SMILES string of the molecule is COc1ccc(N(CC(=O)Nc2ccccc2C(=O)O)S(C)(=O)=O)cc1Cl. The summed E-state index contributed by atoms with van der Waals surface area (Å²) in [7, 11) is -2.39. The van der Waals surface area contributed by atoms with Gasteiger partial charge in [-0.3, -0.25) is 9.10 Å². The van der Waals surface area contributed by atoms with Crippen LogP contribution in [0.5, 0.6) is 5.75 Å². The molecule has 8 nitrogen and oxygen atoms in total. The molecule has 0 radical (unpaired) electrons. The molecular formula is C17H17ClN2O6S. The molecule has 0 aromatic heterocycles. The van der Waals surface area contributed by atoms with Crippen LogP contribution < -0.4 is 14.4 Å². The van der Waals surface area contributed by atoms with Crippen LogP contribution in [0.4, 0.5) is 11.4 Å². The fourth-order valence-corrected chi connectivity index (χ4v) is 3.41. The normalized spacial score (nSPS) is 10.9. The number of hydrogen-bond acceptors (Lipinski definition) is 5. The van der Waals surface area contributed by atoms with Crippen LogP contribution in [0, 0.1) is 0 Å². The highest BCUT2D eigenvalue weighted by Crippen LogP contribution is 2.30. The molecule has 2 N–H and O–H groups in total. The van der Waals surface area contributed by atoms with Gasteiger partial charge in [0.05, 0.1) is 35.3 Å². The number of nitrogens with zero attached hydrogens (tertiary/aromatic N) is 1. The number of benzene rings is 2. The van der Waals surface area contributed by atoms with E-state index in [9.17, 15) is 18.0 Å². The first-order valence-corrected chi connectivity index (χ1v) is 9.79. The van der Waals surface area contributed by atoms with E-state index in [0.717, 1.165) is 10.6 Å². The molecule has 0 aliphatic rings. The second kappa shape index (κ2) is 8.28. The maximum atomic E-state index is 12.4. The van der Waals surface area contributed by atoms with Crippen LogP contribution in [-0.2, 0) is 14.8 Å². The summed E-state index contributed by atoms with van der Waals surface area (Å²) in [6, 6.07) is 10.1. The Morgan fingerprint density at radius 1 is 1.22 bits per heavy atom. The van der Waals surface area contributed by atoms with Gasteiger partial charge in [0.15, 0.2) is 0 Å². The molecule has 0 aliphatic carbocycles. The van der Waals surface area contributed by atoms with Gasteiger partial charge in [-0.2, -0.15) is 0 Å². The van der Waals surface area contributed by atoms with Crippen molar-refractivity contribution < 1.29 is 27.9 Å². The van der Waals surface area contributed by atoms with Crippen molar-refractivity contribution in [2.45, 2.75) is 0 Å². The monoisotopic (exact) mass is 412 g/mol. The van der Waals surface area contributed by atoms with Crippen LogP contribution in [-0.4, -0.2) is 45.3 Å². The van der Waals surface area contributed by atoms with Crippen molar-refractivity contribution in [3.63, 3.8) is 0 Å². The molecule has 2 aromatic carbocycles. The summed E-state index contributed by atoms with van der Waals surface area (Å²) >= 11 is 6.03. The predicted molar refractivity (Wildman–Crippen MR) is 102 cm³/mol. The Morgan fingerprint density at radius 3 is 2.44 bits per heavy atom. The molecule has 0 heterocycles. The lowest BCUT2D eigenvalue weighted by Gasteiger charge is -2.22. The Balaban J connectivity index is 2.29. The average Bonchev–Trinajstić information content (AvgIpc) is 2.59. The minimum atomic E-state index is -3.81. The third-order valence-electron chi connectivity index (χ3n) is 3.54. The van der Waals surface area contributed by atoms with E-state index in [-0.39, 0.29) is 22.0 Å². The molecular weight excluding hydrogens is 396 g/mol. The summed E-state index contributed by atoms with van der Waals surface area (Å²) in [5.74, 6) is -1.57. The number of halogens is 1. The van der Waals surface area contributed by atoms with E-state index in [1.165, 1.54) is 43.5 Å². The topological polar surface area (TPSA) is 113 Å². The van der Waals surface area contributed by atoms with Crippen LogP contribution in [0.2, 0.25) is 5.02 Å². The highest BCUT2D eigenvalue weighted by molar-refractivity contribution is 7.92. The Morgan fingerprint density at radius 2 is 1.89 bits per heavy atom. The van der Waals surface area contributed by atoms with Gasteiger partial charge in [-0.25, -0.2) is 13.2 Å². The number of rotatable bonds is 7. The first-order chi connectivity index (χ1) is 12.6. The Kier molecular flexibility index (Phi) is 6.29. The van der Waals surface area contributed by atoms with Gasteiger partial charge in [-0.15, -0.1) is 0 Å². The lowest BCUT2D eigenvalue weighted by atomic mass is 10.2. The van der Waals surface area contributed by atoms with E-state index < -0.39 is 28.4 Å². The Bertz CT molecular complexity index is 977. The number of nitrogens with one attached hydrogen (secondary N) is 1. The summed E-state index contributed by atoms with van der Waals surface area (Å²) in [5, 5.41) is 11.8. The van der Waals surface area contributed by atoms with E-state index in [2.05, 4.69) is 5.32 Å². The van der Waals surface area contributed by atoms with Crippen molar-refractivity contribution >= 4 is 44.9 Å². The number of sulfonamides is 1. The lowest BCUT2D eigenvalue weighted by molar-refractivity contribution is -0.114. The number of aromatic carboxylic acids is 1. The number of amides is 1. The molecule has 27 heavy (non-hydrogen) atoms. The van der Waals surface area contributed by atoms with Gasteiger partial charge < -0.3 is 15.2 Å². The van der Waals surface area contributed by atoms with E-state index in [0.29, 0.717) is 5.75 Å². The van der Waals surface area contributed by atoms with Crippen molar-refractivity contribution in [2.24, 2.45) is 0 Å². The second-order valence-corrected chi connectivity index (χ2v) is 7.80. The van der Waals surface area contributed by atoms with Crippen LogP contribution in [0.1, 0.15) is 10.4 Å². The molecule has 0 fully saturated rings. The van der Waals surface area contributed by atoms with Gasteiger partial charge >= 0.3 is 5.97 Å². The molecule has 10 heteroatoms. The van der Waals surface area contributed by atoms with E-state index >= 15 is 0 Å². The maximum absolute atomic E-state index is 12.4. The lowest BCUT2D eigenvalue weighted by Crippen LogP contribution is -2.37. The number of carboxylic acid groups (broad SMARTS) is 1. The molecule has 0 atom stereocenters. The summed E-state index contributed by atoms with van der Waals surface area (Å²) in [5.41, 5.74) is 0.130. The molecule has 2 aromatic rings. The van der Waals surface area contributed by atoms with Crippen molar-refractivity contribution in [3.8, 4) is 5.75 Å². The van der Waals surface area contributed by atoms with E-state index in [4.69, 9.17) is 21.4 Å². The van der Waals surface area contributed by atoms with Crippen LogP contribution in [0.15, 0.2) is 42.5 Å². The second-order valence-electron chi connectivity index (χ2n) is 5.49. The third kappa shape index (κ3) is 5.11. The van der Waals surface area contributed by atoms with Crippen molar-refractivity contribution in [1.29, 1.82) is 0 Å². The molecule has 0 unspecified atom stereocenters. The number of hydrogen-bond donors (Lipinski definition) is 2. The molecule has 0 spiro atoms. The average molecular weight is 413 g/mol. The van der Waals surface area contributed by atoms with Crippen LogP contribution in [0.25, 0.3) is 0 Å². The molecule has 0 bridgehead atoms. The number of carbonyl (C=O) groups is 2. The van der Waals surface area contributed by atoms with Crippen molar-refractivity contribution in [2.75, 3.05) is 29.5 Å². The summed E-state index contributed by atoms with van der Waals surface area (Å²) in [6.07, 6.45) is 0.948. The first kappa shape index (κ1) is 20.5. The molecule has 0 saturated heterocycles. The standard InChI is InChI=1S/C17H17ClN2O6S/c1-26-15-8-7-11(9-13(15)18)20(27(2,24)25)10-16(21)19-14-6-4-3-5-12(14)17(22)23/h3-9H,10H2,1-2H3,(H,19,21)(H,22,23). The number of ether oxygens (including phenoxy) is 1. The number of anilines is 2. The van der Waals surface area contributed by atoms with Crippen LogP contribution >= 0.6 is 11.6 Å². The Labute approximate surface area is 161 Å². The highest BCUT2D eigenvalue weighted by Gasteiger charge is 2.22. The molecule has 0 aliphatic heterocycles.